The number of nitrogens with zero attached hydrogens (tertiary/aromatic N) is 5. The van der Waals surface area contributed by atoms with E-state index in [9.17, 15) is 15.0 Å². The monoisotopic (exact) mass is 475 g/mol. The number of anilines is 1. The van der Waals surface area contributed by atoms with E-state index < -0.39 is 11.6 Å². The largest absolute Gasteiger partial charge is 0.481 e. The molecular weight excluding hydrogens is 442 g/mol. The van der Waals surface area contributed by atoms with Crippen LogP contribution in [0.4, 0.5) is 5.82 Å². The van der Waals surface area contributed by atoms with Crippen LogP contribution >= 0.6 is 0 Å². The number of piperidine rings is 2. The van der Waals surface area contributed by atoms with Gasteiger partial charge in [-0.3, -0.25) is 4.79 Å². The Kier molecular flexibility index (Phi) is 5.14. The number of carboxylic acid groups (broad SMARTS) is 1. The molecular formula is C27H33N5O3. The van der Waals surface area contributed by atoms with Crippen LogP contribution in [0.1, 0.15) is 61.9 Å². The summed E-state index contributed by atoms with van der Waals surface area (Å²) < 4.78 is 1.90. The highest BCUT2D eigenvalue weighted by Gasteiger charge is 2.50. The predicted octanol–water partition coefficient (Wildman–Crippen LogP) is 4.00. The molecule has 184 valence electrons. The molecule has 1 aromatic carbocycles. The second-order valence-electron chi connectivity index (χ2n) is 11.3. The highest BCUT2D eigenvalue weighted by atomic mass is 16.4. The lowest BCUT2D eigenvalue weighted by molar-refractivity contribution is -0.153. The number of aromatic nitrogens is 4. The molecule has 0 radical (unpaired) electrons. The maximum Gasteiger partial charge on any atom is 0.307 e. The molecule has 0 unspecified atom stereocenters. The van der Waals surface area contributed by atoms with Crippen LogP contribution in [-0.4, -0.2) is 54.6 Å². The Hall–Kier alpha value is -3.00. The maximum atomic E-state index is 11.6. The molecule has 35 heavy (non-hydrogen) atoms. The molecule has 2 atom stereocenters. The van der Waals surface area contributed by atoms with Gasteiger partial charge in [-0.15, -0.1) is 0 Å². The lowest BCUT2D eigenvalue weighted by Gasteiger charge is -2.52. The minimum Gasteiger partial charge on any atom is -0.481 e. The molecule has 2 aliphatic heterocycles. The third-order valence-corrected chi connectivity index (χ3v) is 8.63. The van der Waals surface area contributed by atoms with Crippen LogP contribution in [0.25, 0.3) is 16.7 Å². The van der Waals surface area contributed by atoms with E-state index in [-0.39, 0.29) is 17.8 Å². The summed E-state index contributed by atoms with van der Waals surface area (Å²) in [5.74, 6) is 2.20. The fourth-order valence-corrected chi connectivity index (χ4v) is 6.66. The van der Waals surface area contributed by atoms with Crippen molar-refractivity contribution < 1.29 is 15.0 Å². The number of aliphatic carboxylic acids is 1. The van der Waals surface area contributed by atoms with Crippen molar-refractivity contribution in [1.82, 2.24) is 19.7 Å². The number of aryl methyl sites for hydroxylation is 2. The molecule has 4 heterocycles. The average Bonchev–Trinajstić information content (AvgIpc) is 3.20. The second kappa shape index (κ2) is 8.01. The zero-order chi connectivity index (χ0) is 24.5. The summed E-state index contributed by atoms with van der Waals surface area (Å²) in [6.07, 6.45) is 6.50. The summed E-state index contributed by atoms with van der Waals surface area (Å²) in [4.78, 5) is 23.2. The van der Waals surface area contributed by atoms with E-state index in [1.54, 1.807) is 0 Å². The molecule has 2 N–H and O–H groups in total. The number of hydrogen-bond acceptors (Lipinski definition) is 6. The van der Waals surface area contributed by atoms with E-state index >= 15 is 0 Å². The van der Waals surface area contributed by atoms with Gasteiger partial charge in [0, 0.05) is 24.5 Å². The van der Waals surface area contributed by atoms with Gasteiger partial charge in [0.2, 0.25) is 0 Å². The van der Waals surface area contributed by atoms with Gasteiger partial charge in [0.15, 0.2) is 5.82 Å². The van der Waals surface area contributed by atoms with Crippen molar-refractivity contribution in [2.75, 3.05) is 18.0 Å². The smallest absolute Gasteiger partial charge is 0.307 e. The van der Waals surface area contributed by atoms with E-state index in [1.165, 1.54) is 11.1 Å². The zero-order valence-corrected chi connectivity index (χ0v) is 20.6. The van der Waals surface area contributed by atoms with E-state index in [0.717, 1.165) is 67.7 Å². The van der Waals surface area contributed by atoms with Crippen molar-refractivity contribution in [2.45, 2.75) is 64.4 Å². The molecule has 2 saturated heterocycles. The third-order valence-electron chi connectivity index (χ3n) is 8.63. The molecule has 2 saturated carbocycles. The van der Waals surface area contributed by atoms with Gasteiger partial charge in [-0.25, -0.2) is 14.6 Å². The molecule has 8 nitrogen and oxygen atoms in total. The first-order valence-corrected chi connectivity index (χ1v) is 12.7. The normalized spacial score (nSPS) is 30.3. The summed E-state index contributed by atoms with van der Waals surface area (Å²) in [6, 6.07) is 6.45. The van der Waals surface area contributed by atoms with Gasteiger partial charge in [0.05, 0.1) is 23.2 Å². The molecule has 2 aliphatic carbocycles. The number of aliphatic hydroxyl groups is 1. The van der Waals surface area contributed by atoms with Crippen molar-refractivity contribution in [2.24, 2.45) is 17.8 Å². The van der Waals surface area contributed by atoms with Gasteiger partial charge in [0.25, 0.3) is 0 Å². The van der Waals surface area contributed by atoms with Crippen molar-refractivity contribution in [3.63, 3.8) is 0 Å². The van der Waals surface area contributed by atoms with Gasteiger partial charge in [0.1, 0.15) is 11.6 Å². The van der Waals surface area contributed by atoms with E-state index in [4.69, 9.17) is 15.1 Å². The Labute approximate surface area is 205 Å². The highest BCUT2D eigenvalue weighted by Crippen LogP contribution is 2.46. The van der Waals surface area contributed by atoms with Gasteiger partial charge in [-0.05, 0) is 93.9 Å². The maximum absolute atomic E-state index is 11.6. The quantitative estimate of drug-likeness (QED) is 0.588. The Bertz CT molecular complexity index is 1290. The van der Waals surface area contributed by atoms with Crippen LogP contribution < -0.4 is 4.90 Å². The number of hydrogen-bond donors (Lipinski definition) is 2. The SMILES string of the molecule is Cc1nc(N2C[C@H]3C[C@H](C2)C3C(=O)O)cc(-n2ncc3cc(C)c(C4CCC(C)(O)CC4)cc32)n1. The first-order chi connectivity index (χ1) is 16.7. The lowest BCUT2D eigenvalue weighted by Crippen LogP contribution is -2.58. The van der Waals surface area contributed by atoms with E-state index in [2.05, 4.69) is 24.0 Å². The molecule has 0 amide bonds. The number of benzene rings is 1. The highest BCUT2D eigenvalue weighted by molar-refractivity contribution is 5.82. The van der Waals surface area contributed by atoms with Crippen LogP contribution in [-0.2, 0) is 4.79 Å². The van der Waals surface area contributed by atoms with Gasteiger partial charge >= 0.3 is 5.97 Å². The Morgan fingerprint density at radius 2 is 1.74 bits per heavy atom. The summed E-state index contributed by atoms with van der Waals surface area (Å²) >= 11 is 0. The Balaban J connectivity index is 1.33. The molecule has 0 spiro atoms. The van der Waals surface area contributed by atoms with Gasteiger partial charge < -0.3 is 15.1 Å². The molecule has 3 aromatic rings. The summed E-state index contributed by atoms with van der Waals surface area (Å²) in [5, 5.41) is 25.7. The van der Waals surface area contributed by atoms with Gasteiger partial charge in [-0.2, -0.15) is 5.10 Å². The average molecular weight is 476 g/mol. The van der Waals surface area contributed by atoms with E-state index in [1.807, 2.05) is 30.8 Å². The molecule has 4 fully saturated rings. The predicted molar refractivity (Wildman–Crippen MR) is 133 cm³/mol. The second-order valence-corrected chi connectivity index (χ2v) is 11.3. The minimum absolute atomic E-state index is 0.192. The molecule has 7 rings (SSSR count). The molecule has 2 bridgehead atoms. The van der Waals surface area contributed by atoms with Crippen LogP contribution in [0.3, 0.4) is 0 Å². The summed E-state index contributed by atoms with van der Waals surface area (Å²) in [7, 11) is 0. The van der Waals surface area contributed by atoms with Crippen LogP contribution in [0, 0.1) is 31.6 Å². The van der Waals surface area contributed by atoms with Crippen LogP contribution in [0.2, 0.25) is 0 Å². The molecule has 2 aromatic heterocycles. The topological polar surface area (TPSA) is 104 Å². The van der Waals surface area contributed by atoms with Crippen LogP contribution in [0.15, 0.2) is 24.4 Å². The van der Waals surface area contributed by atoms with Crippen molar-refractivity contribution in [3.8, 4) is 5.82 Å². The lowest BCUT2D eigenvalue weighted by atomic mass is 9.61. The van der Waals surface area contributed by atoms with Crippen molar-refractivity contribution >= 4 is 22.7 Å². The Morgan fingerprint density at radius 1 is 1.06 bits per heavy atom. The van der Waals surface area contributed by atoms with Crippen LogP contribution in [0.5, 0.6) is 0 Å². The van der Waals surface area contributed by atoms with Crippen molar-refractivity contribution in [1.29, 1.82) is 0 Å². The number of fused-ring (bicyclic) bond motifs is 3. The number of carbonyl (C=O) groups is 1. The number of rotatable bonds is 4. The first-order valence-electron chi connectivity index (χ1n) is 12.7. The zero-order valence-electron chi connectivity index (χ0n) is 20.6. The van der Waals surface area contributed by atoms with Gasteiger partial charge in [-0.1, -0.05) is 0 Å². The summed E-state index contributed by atoms with van der Waals surface area (Å²) in [5.41, 5.74) is 3.07. The first kappa shape index (κ1) is 22.5. The van der Waals surface area contributed by atoms with Crippen molar-refractivity contribution in [3.05, 3.63) is 41.3 Å². The standard InChI is InChI=1S/C27H33N5O3/c1-15-8-18-12-28-32(22(18)10-21(15)17-4-6-27(3,35)7-5-17)24-11-23(29-16(2)30-24)31-13-19-9-20(14-31)25(19)26(33)34/h8,10-12,17,19-20,25,35H,4-7,9,13-14H2,1-3H3,(H,33,34)/t17?,19-,20-,27?/m1/s1. The number of carboxylic acids is 1. The Morgan fingerprint density at radius 3 is 2.43 bits per heavy atom. The van der Waals surface area contributed by atoms with E-state index in [0.29, 0.717) is 11.7 Å². The fraction of sp³-hybridized carbons (Fsp3) is 0.556. The summed E-state index contributed by atoms with van der Waals surface area (Å²) in [6.45, 7) is 7.44. The molecule has 4 aliphatic rings. The minimum atomic E-state index is -0.666. The third kappa shape index (κ3) is 3.88. The fourth-order valence-electron chi connectivity index (χ4n) is 6.66. The molecule has 8 heteroatoms.